The molecule has 0 unspecified atom stereocenters. The van der Waals surface area contributed by atoms with Crippen LogP contribution in [0.5, 0.6) is 5.75 Å². The van der Waals surface area contributed by atoms with E-state index in [1.54, 1.807) is 13.0 Å². The van der Waals surface area contributed by atoms with Crippen molar-refractivity contribution in [2.75, 3.05) is 13.9 Å². The van der Waals surface area contributed by atoms with E-state index in [1.807, 2.05) is 0 Å². The van der Waals surface area contributed by atoms with Crippen molar-refractivity contribution in [3.8, 4) is 5.75 Å². The number of hydrogen-bond acceptors (Lipinski definition) is 2. The van der Waals surface area contributed by atoms with Crippen LogP contribution in [-0.2, 0) is 4.74 Å². The molecule has 72 valence electrons. The zero-order valence-electron chi connectivity index (χ0n) is 7.43. The van der Waals surface area contributed by atoms with E-state index in [0.717, 1.165) is 5.56 Å². The van der Waals surface area contributed by atoms with Gasteiger partial charge in [-0.1, -0.05) is 17.7 Å². The highest BCUT2D eigenvalue weighted by Crippen LogP contribution is 2.30. The second-order valence-electron chi connectivity index (χ2n) is 2.56. The number of halogens is 2. The van der Waals surface area contributed by atoms with Crippen LogP contribution < -0.4 is 4.74 Å². The summed E-state index contributed by atoms with van der Waals surface area (Å²) < 4.78 is 22.7. The summed E-state index contributed by atoms with van der Waals surface area (Å²) in [4.78, 5) is 0. The van der Waals surface area contributed by atoms with Gasteiger partial charge in [0.25, 0.3) is 0 Å². The Morgan fingerprint density at radius 3 is 2.77 bits per heavy atom. The molecule has 0 amide bonds. The first-order chi connectivity index (χ1) is 6.16. The number of rotatable bonds is 3. The SMILES string of the molecule is COCOc1c(C)ccc(F)c1Cl. The van der Waals surface area contributed by atoms with Gasteiger partial charge in [-0.2, -0.15) is 0 Å². The van der Waals surface area contributed by atoms with Crippen molar-refractivity contribution in [1.29, 1.82) is 0 Å². The summed E-state index contributed by atoms with van der Waals surface area (Å²) in [7, 11) is 1.49. The second kappa shape index (κ2) is 4.44. The summed E-state index contributed by atoms with van der Waals surface area (Å²) >= 11 is 5.68. The Balaban J connectivity index is 2.96. The Morgan fingerprint density at radius 2 is 2.15 bits per heavy atom. The third-order valence-corrected chi connectivity index (χ3v) is 1.92. The lowest BCUT2D eigenvalue weighted by atomic mass is 10.2. The zero-order valence-corrected chi connectivity index (χ0v) is 8.19. The molecule has 1 rings (SSSR count). The third kappa shape index (κ3) is 2.32. The highest BCUT2D eigenvalue weighted by molar-refractivity contribution is 6.32. The summed E-state index contributed by atoms with van der Waals surface area (Å²) in [6.07, 6.45) is 0. The minimum atomic E-state index is -0.488. The first-order valence-electron chi connectivity index (χ1n) is 3.73. The molecule has 0 aliphatic rings. The van der Waals surface area contributed by atoms with Crippen LogP contribution in [0.25, 0.3) is 0 Å². The Bertz CT molecular complexity index is 302. The fourth-order valence-electron chi connectivity index (χ4n) is 0.924. The Hall–Kier alpha value is -0.800. The molecule has 1 aromatic rings. The van der Waals surface area contributed by atoms with Crippen LogP contribution in [0.2, 0.25) is 5.02 Å². The molecule has 0 saturated heterocycles. The second-order valence-corrected chi connectivity index (χ2v) is 2.94. The highest BCUT2D eigenvalue weighted by atomic mass is 35.5. The van der Waals surface area contributed by atoms with Gasteiger partial charge in [0.1, 0.15) is 16.6 Å². The van der Waals surface area contributed by atoms with Crippen molar-refractivity contribution >= 4 is 11.6 Å². The molecule has 0 spiro atoms. The molecule has 0 saturated carbocycles. The predicted molar refractivity (Wildman–Crippen MR) is 48.7 cm³/mol. The van der Waals surface area contributed by atoms with Crippen LogP contribution in [0.1, 0.15) is 5.56 Å². The molecular weight excluding hydrogens is 195 g/mol. The smallest absolute Gasteiger partial charge is 0.188 e. The van der Waals surface area contributed by atoms with Crippen LogP contribution >= 0.6 is 11.6 Å². The molecule has 1 aromatic carbocycles. The fourth-order valence-corrected chi connectivity index (χ4v) is 1.19. The maximum Gasteiger partial charge on any atom is 0.188 e. The molecule has 0 atom stereocenters. The summed E-state index contributed by atoms with van der Waals surface area (Å²) in [5, 5.41) is -0.00273. The quantitative estimate of drug-likeness (QED) is 0.705. The minimum Gasteiger partial charge on any atom is -0.466 e. The Kier molecular flexibility index (Phi) is 3.51. The van der Waals surface area contributed by atoms with Crippen molar-refractivity contribution in [2.45, 2.75) is 6.92 Å². The average Bonchev–Trinajstić information content (AvgIpc) is 2.12. The number of ether oxygens (including phenoxy) is 2. The molecule has 0 aliphatic carbocycles. The number of aryl methyl sites for hydroxylation is 1. The van der Waals surface area contributed by atoms with Crippen LogP contribution in [0.3, 0.4) is 0 Å². The molecular formula is C9H10ClFO2. The van der Waals surface area contributed by atoms with Crippen LogP contribution in [0, 0.1) is 12.7 Å². The van der Waals surface area contributed by atoms with E-state index in [-0.39, 0.29) is 11.8 Å². The van der Waals surface area contributed by atoms with Gasteiger partial charge >= 0.3 is 0 Å². The molecule has 0 N–H and O–H groups in total. The fraction of sp³-hybridized carbons (Fsp3) is 0.333. The van der Waals surface area contributed by atoms with E-state index < -0.39 is 5.82 Å². The highest BCUT2D eigenvalue weighted by Gasteiger charge is 2.09. The molecule has 0 radical (unpaired) electrons. The van der Waals surface area contributed by atoms with Gasteiger partial charge in [0.2, 0.25) is 0 Å². The van der Waals surface area contributed by atoms with Crippen molar-refractivity contribution in [3.63, 3.8) is 0 Å². The van der Waals surface area contributed by atoms with Crippen molar-refractivity contribution in [3.05, 3.63) is 28.5 Å². The Labute approximate surface area is 81.2 Å². The van der Waals surface area contributed by atoms with Gasteiger partial charge in [-0.05, 0) is 18.6 Å². The van der Waals surface area contributed by atoms with Gasteiger partial charge in [0.05, 0.1) is 0 Å². The molecule has 0 heterocycles. The van der Waals surface area contributed by atoms with E-state index >= 15 is 0 Å². The first kappa shape index (κ1) is 10.3. The van der Waals surface area contributed by atoms with E-state index in [2.05, 4.69) is 0 Å². The van der Waals surface area contributed by atoms with Gasteiger partial charge in [-0.25, -0.2) is 4.39 Å². The molecule has 13 heavy (non-hydrogen) atoms. The maximum atomic E-state index is 12.9. The number of methoxy groups -OCH3 is 1. The van der Waals surface area contributed by atoms with E-state index in [1.165, 1.54) is 13.2 Å². The van der Waals surface area contributed by atoms with E-state index in [9.17, 15) is 4.39 Å². The molecule has 0 fully saturated rings. The van der Waals surface area contributed by atoms with E-state index in [4.69, 9.17) is 21.1 Å². The molecule has 2 nitrogen and oxygen atoms in total. The van der Waals surface area contributed by atoms with Crippen molar-refractivity contribution in [1.82, 2.24) is 0 Å². The molecule has 0 aliphatic heterocycles. The van der Waals surface area contributed by atoms with Crippen molar-refractivity contribution < 1.29 is 13.9 Å². The van der Waals surface area contributed by atoms with Gasteiger partial charge < -0.3 is 9.47 Å². The lowest BCUT2D eigenvalue weighted by Gasteiger charge is -2.09. The van der Waals surface area contributed by atoms with Crippen LogP contribution in [-0.4, -0.2) is 13.9 Å². The average molecular weight is 205 g/mol. The van der Waals surface area contributed by atoms with Gasteiger partial charge in [-0.3, -0.25) is 0 Å². The summed E-state index contributed by atoms with van der Waals surface area (Å²) in [6, 6.07) is 2.91. The number of benzene rings is 1. The molecule has 4 heteroatoms. The van der Waals surface area contributed by atoms with Crippen LogP contribution in [0.15, 0.2) is 12.1 Å². The predicted octanol–water partition coefficient (Wildman–Crippen LogP) is 2.77. The van der Waals surface area contributed by atoms with Crippen molar-refractivity contribution in [2.24, 2.45) is 0 Å². The monoisotopic (exact) mass is 204 g/mol. The number of hydrogen-bond donors (Lipinski definition) is 0. The first-order valence-corrected chi connectivity index (χ1v) is 4.11. The maximum absolute atomic E-state index is 12.9. The standard InChI is InChI=1S/C9H10ClFO2/c1-6-3-4-7(11)8(10)9(6)13-5-12-2/h3-4H,5H2,1-2H3. The molecule has 0 aromatic heterocycles. The van der Waals surface area contributed by atoms with Gasteiger partial charge in [0, 0.05) is 7.11 Å². The van der Waals surface area contributed by atoms with Gasteiger partial charge in [-0.15, -0.1) is 0 Å². The Morgan fingerprint density at radius 1 is 1.46 bits per heavy atom. The summed E-state index contributed by atoms with van der Waals surface area (Å²) in [5.74, 6) is -0.151. The lowest BCUT2D eigenvalue weighted by molar-refractivity contribution is 0.0505. The van der Waals surface area contributed by atoms with Gasteiger partial charge in [0.15, 0.2) is 6.79 Å². The zero-order chi connectivity index (χ0) is 9.84. The normalized spacial score (nSPS) is 10.2. The summed E-state index contributed by atoms with van der Waals surface area (Å²) in [6.45, 7) is 1.85. The molecule has 0 bridgehead atoms. The lowest BCUT2D eigenvalue weighted by Crippen LogP contribution is -2.01. The van der Waals surface area contributed by atoms with E-state index in [0.29, 0.717) is 5.75 Å². The third-order valence-electron chi connectivity index (χ3n) is 1.57. The topological polar surface area (TPSA) is 18.5 Å². The minimum absolute atomic E-state index is 0.00273. The van der Waals surface area contributed by atoms with Crippen LogP contribution in [0.4, 0.5) is 4.39 Å². The summed E-state index contributed by atoms with van der Waals surface area (Å²) in [5.41, 5.74) is 0.781. The largest absolute Gasteiger partial charge is 0.466 e.